The summed E-state index contributed by atoms with van der Waals surface area (Å²) in [6.45, 7) is 4.15. The number of nitrogens with one attached hydrogen (secondary N) is 1. The van der Waals surface area contributed by atoms with Gasteiger partial charge in [0.2, 0.25) is 11.8 Å². The maximum Gasteiger partial charge on any atom is 0.248 e. The summed E-state index contributed by atoms with van der Waals surface area (Å²) in [7, 11) is 0. The van der Waals surface area contributed by atoms with Gasteiger partial charge in [0.1, 0.15) is 0 Å². The topological polar surface area (TPSA) is 73.2 Å². The summed E-state index contributed by atoms with van der Waals surface area (Å²) in [5.74, 6) is -0.364. The first-order valence-corrected chi connectivity index (χ1v) is 5.87. The summed E-state index contributed by atoms with van der Waals surface area (Å²) in [6.07, 6.45) is 2.30. The molecule has 0 atom stereocenters. The van der Waals surface area contributed by atoms with E-state index in [-0.39, 0.29) is 23.8 Å². The number of rotatable bonds is 3. The predicted octanol–water partition coefficient (Wildman–Crippen LogP) is 0.417. The molecule has 1 N–H and O–H groups in total. The summed E-state index contributed by atoms with van der Waals surface area (Å²) in [5, 5.41) is 11.7. The van der Waals surface area contributed by atoms with Gasteiger partial charge in [0.05, 0.1) is 18.2 Å². The van der Waals surface area contributed by atoms with Crippen LogP contribution < -0.4 is 5.32 Å². The van der Waals surface area contributed by atoms with Crippen LogP contribution in [0.15, 0.2) is 0 Å². The highest BCUT2D eigenvalue weighted by Gasteiger charge is 2.49. The smallest absolute Gasteiger partial charge is 0.248 e. The fourth-order valence-electron chi connectivity index (χ4n) is 2.15. The SMILES string of the molecule is CC1(C)NCC(=O)N(CC2(CC#N)CC2)C1=O. The van der Waals surface area contributed by atoms with E-state index < -0.39 is 5.54 Å². The van der Waals surface area contributed by atoms with Gasteiger partial charge in [-0.1, -0.05) is 0 Å². The molecule has 1 aliphatic carbocycles. The lowest BCUT2D eigenvalue weighted by Gasteiger charge is -2.38. The lowest BCUT2D eigenvalue weighted by Crippen LogP contribution is -2.64. The zero-order valence-corrected chi connectivity index (χ0v) is 10.2. The molecule has 2 aliphatic rings. The van der Waals surface area contributed by atoms with Gasteiger partial charge in [-0.3, -0.25) is 19.8 Å². The minimum atomic E-state index is -0.684. The van der Waals surface area contributed by atoms with Gasteiger partial charge in [0.15, 0.2) is 0 Å². The van der Waals surface area contributed by atoms with Gasteiger partial charge >= 0.3 is 0 Å². The third kappa shape index (κ3) is 2.18. The van der Waals surface area contributed by atoms with Crippen LogP contribution in [-0.4, -0.2) is 35.3 Å². The Kier molecular flexibility index (Phi) is 2.70. The van der Waals surface area contributed by atoms with Crippen molar-refractivity contribution in [2.75, 3.05) is 13.1 Å². The second kappa shape index (κ2) is 3.81. The molecule has 0 unspecified atom stereocenters. The van der Waals surface area contributed by atoms with Gasteiger partial charge in [-0.25, -0.2) is 0 Å². The fourth-order valence-corrected chi connectivity index (χ4v) is 2.15. The molecule has 0 spiro atoms. The first kappa shape index (κ1) is 12.1. The Morgan fingerprint density at radius 3 is 2.59 bits per heavy atom. The Hall–Kier alpha value is -1.41. The molecule has 1 saturated heterocycles. The van der Waals surface area contributed by atoms with E-state index >= 15 is 0 Å². The number of carbonyl (C=O) groups is 2. The van der Waals surface area contributed by atoms with Gasteiger partial charge in [-0.2, -0.15) is 5.26 Å². The summed E-state index contributed by atoms with van der Waals surface area (Å²) in [5.41, 5.74) is -0.801. The quantitative estimate of drug-likeness (QED) is 0.719. The molecule has 2 amide bonds. The minimum Gasteiger partial charge on any atom is -0.295 e. The number of hydrogen-bond acceptors (Lipinski definition) is 4. The van der Waals surface area contributed by atoms with E-state index in [1.54, 1.807) is 13.8 Å². The molecular weight excluding hydrogens is 218 g/mol. The van der Waals surface area contributed by atoms with E-state index in [1.165, 1.54) is 4.90 Å². The molecule has 1 aliphatic heterocycles. The van der Waals surface area contributed by atoms with Crippen molar-refractivity contribution in [2.45, 2.75) is 38.6 Å². The van der Waals surface area contributed by atoms with Crippen LogP contribution in [0, 0.1) is 16.7 Å². The van der Waals surface area contributed by atoms with Crippen LogP contribution in [0.25, 0.3) is 0 Å². The molecule has 2 rings (SSSR count). The van der Waals surface area contributed by atoms with Gasteiger partial charge in [-0.15, -0.1) is 0 Å². The molecule has 0 aromatic heterocycles. The highest BCUT2D eigenvalue weighted by molar-refractivity contribution is 6.03. The lowest BCUT2D eigenvalue weighted by molar-refractivity contribution is -0.153. The standard InChI is InChI=1S/C12H17N3O2/c1-11(2)10(17)15(9(16)7-14-11)8-12(3-4-12)5-6-13/h14H,3-5,7-8H2,1-2H3. The zero-order valence-electron chi connectivity index (χ0n) is 10.2. The summed E-state index contributed by atoms with van der Waals surface area (Å²) in [4.78, 5) is 25.2. The van der Waals surface area contributed by atoms with Gasteiger partial charge in [-0.05, 0) is 26.7 Å². The van der Waals surface area contributed by atoms with Gasteiger partial charge < -0.3 is 0 Å². The zero-order chi connectivity index (χ0) is 12.7. The van der Waals surface area contributed by atoms with Crippen molar-refractivity contribution in [2.24, 2.45) is 5.41 Å². The maximum atomic E-state index is 12.1. The molecule has 5 nitrogen and oxygen atoms in total. The maximum absolute atomic E-state index is 12.1. The Morgan fingerprint density at radius 1 is 1.41 bits per heavy atom. The molecular formula is C12H17N3O2. The second-order valence-electron chi connectivity index (χ2n) is 5.60. The first-order chi connectivity index (χ1) is 7.90. The first-order valence-electron chi connectivity index (χ1n) is 5.87. The van der Waals surface area contributed by atoms with E-state index in [4.69, 9.17) is 5.26 Å². The monoisotopic (exact) mass is 235 g/mol. The molecule has 17 heavy (non-hydrogen) atoms. The van der Waals surface area contributed by atoms with Crippen LogP contribution in [0.3, 0.4) is 0 Å². The number of nitrogens with zero attached hydrogens (tertiary/aromatic N) is 2. The molecule has 2 fully saturated rings. The number of hydrogen-bond donors (Lipinski definition) is 1. The molecule has 1 saturated carbocycles. The van der Waals surface area contributed by atoms with Crippen LogP contribution in [0.5, 0.6) is 0 Å². The summed E-state index contributed by atoms with van der Waals surface area (Å²) >= 11 is 0. The van der Waals surface area contributed by atoms with Crippen LogP contribution in [0.4, 0.5) is 0 Å². The molecule has 0 aromatic carbocycles. The van der Waals surface area contributed by atoms with Crippen LogP contribution in [0.1, 0.15) is 33.1 Å². The number of carbonyl (C=O) groups excluding carboxylic acids is 2. The van der Waals surface area contributed by atoms with E-state index in [0.29, 0.717) is 13.0 Å². The van der Waals surface area contributed by atoms with Gasteiger partial charge in [0.25, 0.3) is 0 Å². The summed E-state index contributed by atoms with van der Waals surface area (Å²) in [6, 6.07) is 2.15. The van der Waals surface area contributed by atoms with Crippen molar-refractivity contribution in [3.05, 3.63) is 0 Å². The van der Waals surface area contributed by atoms with Gasteiger partial charge in [0, 0.05) is 18.4 Å². The average molecular weight is 235 g/mol. The molecule has 0 radical (unpaired) electrons. The Bertz CT molecular complexity index is 404. The van der Waals surface area contributed by atoms with Crippen LogP contribution in [-0.2, 0) is 9.59 Å². The van der Waals surface area contributed by atoms with Crippen molar-refractivity contribution < 1.29 is 9.59 Å². The normalized spacial score (nSPS) is 25.6. The largest absolute Gasteiger partial charge is 0.295 e. The molecule has 92 valence electrons. The third-order valence-corrected chi connectivity index (χ3v) is 3.67. The Morgan fingerprint density at radius 2 is 2.06 bits per heavy atom. The lowest BCUT2D eigenvalue weighted by atomic mass is 9.97. The molecule has 0 bridgehead atoms. The van der Waals surface area contributed by atoms with E-state index in [9.17, 15) is 9.59 Å². The highest BCUT2D eigenvalue weighted by Crippen LogP contribution is 2.49. The fraction of sp³-hybridized carbons (Fsp3) is 0.750. The highest BCUT2D eigenvalue weighted by atomic mass is 16.2. The summed E-state index contributed by atoms with van der Waals surface area (Å²) < 4.78 is 0. The minimum absolute atomic E-state index is 0.118. The molecule has 0 aromatic rings. The number of imide groups is 1. The van der Waals surface area contributed by atoms with E-state index in [1.807, 2.05) is 0 Å². The van der Waals surface area contributed by atoms with Crippen molar-refractivity contribution in [3.8, 4) is 6.07 Å². The number of amides is 2. The third-order valence-electron chi connectivity index (χ3n) is 3.67. The van der Waals surface area contributed by atoms with Crippen molar-refractivity contribution in [1.29, 1.82) is 5.26 Å². The van der Waals surface area contributed by atoms with Crippen molar-refractivity contribution in [1.82, 2.24) is 10.2 Å². The van der Waals surface area contributed by atoms with Crippen molar-refractivity contribution >= 4 is 11.8 Å². The average Bonchev–Trinajstić information content (AvgIpc) is 3.01. The predicted molar refractivity (Wildman–Crippen MR) is 60.7 cm³/mol. The van der Waals surface area contributed by atoms with Crippen molar-refractivity contribution in [3.63, 3.8) is 0 Å². The van der Waals surface area contributed by atoms with E-state index in [2.05, 4.69) is 11.4 Å². The van der Waals surface area contributed by atoms with Crippen LogP contribution >= 0.6 is 0 Å². The Labute approximate surface area is 101 Å². The second-order valence-corrected chi connectivity index (χ2v) is 5.60. The molecule has 5 heteroatoms. The van der Waals surface area contributed by atoms with Crippen LogP contribution in [0.2, 0.25) is 0 Å². The molecule has 1 heterocycles. The van der Waals surface area contributed by atoms with E-state index in [0.717, 1.165) is 12.8 Å². The Balaban J connectivity index is 2.11. The number of nitriles is 1. The number of piperazine rings is 1.